The molecule has 0 aromatic rings. The van der Waals surface area contributed by atoms with Gasteiger partial charge in [0.2, 0.25) is 0 Å². The minimum atomic E-state index is -3.95. The summed E-state index contributed by atoms with van der Waals surface area (Å²) in [6.45, 7) is 5.13. The van der Waals surface area contributed by atoms with Crippen LogP contribution in [0.2, 0.25) is 0 Å². The first-order chi connectivity index (χ1) is 8.53. The quantitative estimate of drug-likeness (QED) is 0.447. The van der Waals surface area contributed by atoms with Crippen molar-refractivity contribution < 1.29 is 23.1 Å². The lowest BCUT2D eigenvalue weighted by molar-refractivity contribution is -0.148. The van der Waals surface area contributed by atoms with Crippen LogP contribution in [0.25, 0.3) is 0 Å². The Morgan fingerprint density at radius 3 is 2.42 bits per heavy atom. The molecule has 1 saturated heterocycles. The van der Waals surface area contributed by atoms with E-state index in [1.165, 1.54) is 0 Å². The van der Waals surface area contributed by atoms with Gasteiger partial charge in [-0.05, 0) is 45.2 Å². The van der Waals surface area contributed by atoms with E-state index in [2.05, 4.69) is 0 Å². The van der Waals surface area contributed by atoms with Gasteiger partial charge in [0.1, 0.15) is 6.26 Å². The van der Waals surface area contributed by atoms with Gasteiger partial charge < -0.3 is 9.64 Å². The molecule has 1 fully saturated rings. The monoisotopic (exact) mass is 295 g/mol. The van der Waals surface area contributed by atoms with Crippen LogP contribution < -0.4 is 0 Å². The zero-order chi connectivity index (χ0) is 14.8. The molecule has 1 aliphatic heterocycles. The summed E-state index contributed by atoms with van der Waals surface area (Å²) >= 11 is 4.70. The number of allylic oxidation sites excluding steroid dienone is 1. The van der Waals surface area contributed by atoms with E-state index >= 15 is 0 Å². The standard InChI is InChI=1S/C12H16ClF2NO3/c1-11(2,3)10(18)19-7-8-5-4-6-16(8)9(17)12(13,14)15/h7H,4-6H2,1-3H3/b8-7-. The van der Waals surface area contributed by atoms with Gasteiger partial charge in [0.05, 0.1) is 11.1 Å². The van der Waals surface area contributed by atoms with E-state index in [9.17, 15) is 18.4 Å². The van der Waals surface area contributed by atoms with Crippen molar-refractivity contribution in [3.8, 4) is 0 Å². The number of amides is 1. The van der Waals surface area contributed by atoms with Crippen molar-refractivity contribution in [2.24, 2.45) is 5.41 Å². The number of hydrogen-bond donors (Lipinski definition) is 0. The van der Waals surface area contributed by atoms with Gasteiger partial charge in [-0.15, -0.1) is 0 Å². The summed E-state index contributed by atoms with van der Waals surface area (Å²) in [7, 11) is 0. The van der Waals surface area contributed by atoms with Gasteiger partial charge in [-0.1, -0.05) is 0 Å². The minimum absolute atomic E-state index is 0.139. The number of halogens is 3. The number of carbonyl (C=O) groups is 2. The number of rotatable bonds is 2. The molecule has 0 spiro atoms. The van der Waals surface area contributed by atoms with Crippen molar-refractivity contribution in [3.05, 3.63) is 12.0 Å². The number of nitrogens with zero attached hydrogens (tertiary/aromatic N) is 1. The summed E-state index contributed by atoms with van der Waals surface area (Å²) in [5, 5.41) is -3.95. The molecule has 0 aliphatic carbocycles. The molecule has 0 aromatic carbocycles. The Morgan fingerprint density at radius 2 is 1.95 bits per heavy atom. The molecular weight excluding hydrogens is 280 g/mol. The van der Waals surface area contributed by atoms with Crippen molar-refractivity contribution in [1.29, 1.82) is 0 Å². The summed E-state index contributed by atoms with van der Waals surface area (Å²) in [6.07, 6.45) is 1.97. The number of alkyl halides is 3. The van der Waals surface area contributed by atoms with E-state index in [0.29, 0.717) is 12.8 Å². The third-order valence-corrected chi connectivity index (χ3v) is 2.73. The second-order valence-electron chi connectivity index (χ2n) is 5.32. The molecule has 108 valence electrons. The number of esters is 1. The van der Waals surface area contributed by atoms with Crippen LogP contribution in [0.1, 0.15) is 33.6 Å². The number of ether oxygens (including phenoxy) is 1. The molecule has 0 saturated carbocycles. The van der Waals surface area contributed by atoms with E-state index in [4.69, 9.17) is 16.3 Å². The highest BCUT2D eigenvalue weighted by Gasteiger charge is 2.42. The Bertz CT molecular complexity index is 410. The third-order valence-electron chi connectivity index (χ3n) is 2.56. The molecule has 0 bridgehead atoms. The van der Waals surface area contributed by atoms with Crippen molar-refractivity contribution in [1.82, 2.24) is 4.90 Å². The average Bonchev–Trinajstić information content (AvgIpc) is 2.69. The van der Waals surface area contributed by atoms with Crippen LogP contribution in [-0.2, 0) is 14.3 Å². The lowest BCUT2D eigenvalue weighted by Crippen LogP contribution is -2.37. The highest BCUT2D eigenvalue weighted by atomic mass is 35.5. The van der Waals surface area contributed by atoms with E-state index in [0.717, 1.165) is 11.2 Å². The number of hydrogen-bond acceptors (Lipinski definition) is 3. The average molecular weight is 296 g/mol. The molecule has 1 amide bonds. The lowest BCUT2D eigenvalue weighted by Gasteiger charge is -2.20. The maximum Gasteiger partial charge on any atom is 0.400 e. The van der Waals surface area contributed by atoms with E-state index in [-0.39, 0.29) is 12.2 Å². The molecule has 4 nitrogen and oxygen atoms in total. The Hall–Kier alpha value is -1.17. The molecule has 1 aliphatic rings. The molecule has 19 heavy (non-hydrogen) atoms. The largest absolute Gasteiger partial charge is 0.432 e. The van der Waals surface area contributed by atoms with Gasteiger partial charge in [-0.2, -0.15) is 8.78 Å². The first-order valence-corrected chi connectivity index (χ1v) is 6.20. The lowest BCUT2D eigenvalue weighted by atomic mass is 9.97. The Balaban J connectivity index is 2.77. The Morgan fingerprint density at radius 1 is 1.37 bits per heavy atom. The van der Waals surface area contributed by atoms with Gasteiger partial charge in [-0.25, -0.2) is 0 Å². The van der Waals surface area contributed by atoms with Gasteiger partial charge >= 0.3 is 17.3 Å². The maximum absolute atomic E-state index is 12.8. The van der Waals surface area contributed by atoms with Gasteiger partial charge in [0.15, 0.2) is 0 Å². The second kappa shape index (κ2) is 5.45. The van der Waals surface area contributed by atoms with Crippen molar-refractivity contribution in [3.63, 3.8) is 0 Å². The molecule has 7 heteroatoms. The first-order valence-electron chi connectivity index (χ1n) is 5.82. The highest BCUT2D eigenvalue weighted by molar-refractivity contribution is 6.32. The molecule has 1 heterocycles. The van der Waals surface area contributed by atoms with Crippen LogP contribution in [0.15, 0.2) is 12.0 Å². The maximum atomic E-state index is 12.8. The molecule has 0 aromatic heterocycles. The van der Waals surface area contributed by atoms with Crippen molar-refractivity contribution in [2.45, 2.75) is 39.0 Å². The predicted molar refractivity (Wildman–Crippen MR) is 65.4 cm³/mol. The van der Waals surface area contributed by atoms with E-state index in [1.807, 2.05) is 0 Å². The predicted octanol–water partition coefficient (Wildman–Crippen LogP) is 2.87. The summed E-state index contributed by atoms with van der Waals surface area (Å²) in [4.78, 5) is 23.8. The van der Waals surface area contributed by atoms with Crippen molar-refractivity contribution >= 4 is 23.5 Å². The molecule has 0 atom stereocenters. The van der Waals surface area contributed by atoms with E-state index < -0.39 is 22.7 Å². The smallest absolute Gasteiger partial charge is 0.400 e. The Kier molecular flexibility index (Phi) is 4.55. The van der Waals surface area contributed by atoms with Gasteiger partial charge in [0.25, 0.3) is 0 Å². The summed E-state index contributed by atoms with van der Waals surface area (Å²) in [5.41, 5.74) is -0.469. The zero-order valence-electron chi connectivity index (χ0n) is 11.0. The highest BCUT2D eigenvalue weighted by Crippen LogP contribution is 2.29. The molecule has 0 N–H and O–H groups in total. The second-order valence-corrected chi connectivity index (χ2v) is 5.80. The van der Waals surface area contributed by atoms with Crippen LogP contribution in [0.4, 0.5) is 8.78 Å². The number of carbonyl (C=O) groups excluding carboxylic acids is 2. The Labute approximate surface area is 115 Å². The topological polar surface area (TPSA) is 46.6 Å². The summed E-state index contributed by atoms with van der Waals surface area (Å²) in [5.74, 6) is -2.00. The molecule has 1 rings (SSSR count). The van der Waals surface area contributed by atoms with Crippen LogP contribution in [0, 0.1) is 5.41 Å². The van der Waals surface area contributed by atoms with Crippen LogP contribution in [0.5, 0.6) is 0 Å². The fraction of sp³-hybridized carbons (Fsp3) is 0.667. The van der Waals surface area contributed by atoms with Gasteiger partial charge in [0, 0.05) is 6.54 Å². The van der Waals surface area contributed by atoms with Crippen LogP contribution in [-0.4, -0.2) is 28.7 Å². The first kappa shape index (κ1) is 15.9. The SMILES string of the molecule is CC(C)(C)C(=O)O/C=C1/CCCN1C(=O)C(F)(F)Cl. The van der Waals surface area contributed by atoms with Crippen LogP contribution >= 0.6 is 11.6 Å². The third kappa shape index (κ3) is 4.16. The molecule has 0 unspecified atom stereocenters. The minimum Gasteiger partial charge on any atom is -0.432 e. The number of likely N-dealkylation sites (tertiary alicyclic amines) is 1. The van der Waals surface area contributed by atoms with Crippen molar-refractivity contribution in [2.75, 3.05) is 6.54 Å². The van der Waals surface area contributed by atoms with Gasteiger partial charge in [-0.3, -0.25) is 9.59 Å². The fourth-order valence-corrected chi connectivity index (χ4v) is 1.60. The zero-order valence-corrected chi connectivity index (χ0v) is 11.8. The van der Waals surface area contributed by atoms with Crippen LogP contribution in [0.3, 0.4) is 0 Å². The molecule has 0 radical (unpaired) electrons. The van der Waals surface area contributed by atoms with E-state index in [1.54, 1.807) is 20.8 Å². The summed E-state index contributed by atoms with van der Waals surface area (Å²) in [6, 6.07) is 0. The normalized spacial score (nSPS) is 18.8. The fourth-order valence-electron chi connectivity index (χ4n) is 1.50. The molecular formula is C12H16ClF2NO3. The summed E-state index contributed by atoms with van der Waals surface area (Å²) < 4.78 is 30.4.